The maximum absolute atomic E-state index is 12.9. The van der Waals surface area contributed by atoms with E-state index in [1.165, 1.54) is 30.6 Å². The molecule has 0 saturated carbocycles. The van der Waals surface area contributed by atoms with E-state index in [-0.39, 0.29) is 11.8 Å². The number of esters is 1. The molecule has 0 unspecified atom stereocenters. The largest absolute Gasteiger partial charge is 0.465 e. The number of carbonyl (C=O) groups is 3. The lowest BCUT2D eigenvalue weighted by molar-refractivity contribution is 0.0600. The minimum absolute atomic E-state index is 0.313. The molecule has 1 aromatic heterocycles. The maximum Gasteiger partial charge on any atom is 0.337 e. The molecule has 2 N–H and O–H groups in total. The van der Waals surface area contributed by atoms with Crippen molar-refractivity contribution < 1.29 is 19.1 Å². The number of aryl methyl sites for hydroxylation is 1. The van der Waals surface area contributed by atoms with Crippen molar-refractivity contribution in [3.63, 3.8) is 0 Å². The van der Waals surface area contributed by atoms with Gasteiger partial charge in [-0.05, 0) is 69.4 Å². The van der Waals surface area contributed by atoms with Crippen molar-refractivity contribution in [2.24, 2.45) is 5.10 Å². The molecule has 7 nitrogen and oxygen atoms in total. The summed E-state index contributed by atoms with van der Waals surface area (Å²) in [6.07, 6.45) is 4.93. The summed E-state index contributed by atoms with van der Waals surface area (Å²) in [4.78, 5) is 38.4. The minimum atomic E-state index is -0.463. The highest BCUT2D eigenvalue weighted by atomic mass is 32.1. The first-order chi connectivity index (χ1) is 14.4. The Labute approximate surface area is 179 Å². The van der Waals surface area contributed by atoms with Crippen LogP contribution in [0.1, 0.15) is 74.6 Å². The summed E-state index contributed by atoms with van der Waals surface area (Å²) in [6, 6.07) is 6.20. The van der Waals surface area contributed by atoms with Gasteiger partial charge in [-0.25, -0.2) is 10.2 Å². The smallest absolute Gasteiger partial charge is 0.337 e. The summed E-state index contributed by atoms with van der Waals surface area (Å²) < 4.78 is 4.68. The Bertz CT molecular complexity index is 989. The van der Waals surface area contributed by atoms with Gasteiger partial charge in [0.15, 0.2) is 0 Å². The molecular weight excluding hydrogens is 402 g/mol. The van der Waals surface area contributed by atoms with Crippen molar-refractivity contribution in [1.82, 2.24) is 5.43 Å². The third-order valence-electron chi connectivity index (χ3n) is 4.82. The second kappa shape index (κ2) is 9.67. The Morgan fingerprint density at radius 1 is 0.967 bits per heavy atom. The van der Waals surface area contributed by atoms with Crippen molar-refractivity contribution in [2.75, 3.05) is 12.4 Å². The van der Waals surface area contributed by atoms with E-state index in [0.29, 0.717) is 21.7 Å². The average molecular weight is 428 g/mol. The van der Waals surface area contributed by atoms with E-state index in [0.717, 1.165) is 48.3 Å². The SMILES string of the molecule is COC(=O)c1ccc(C(=O)Nc2sc3c(c2C(=O)NN=C(C)C)CCCCC3)cc1. The monoisotopic (exact) mass is 427 g/mol. The van der Waals surface area contributed by atoms with Gasteiger partial charge in [-0.15, -0.1) is 11.3 Å². The first-order valence-corrected chi connectivity index (χ1v) is 10.7. The molecule has 8 heteroatoms. The summed E-state index contributed by atoms with van der Waals surface area (Å²) in [6.45, 7) is 3.60. The lowest BCUT2D eigenvalue weighted by Gasteiger charge is -2.09. The number of benzene rings is 1. The summed E-state index contributed by atoms with van der Waals surface area (Å²) in [5, 5.41) is 7.45. The molecule has 1 heterocycles. The molecule has 30 heavy (non-hydrogen) atoms. The van der Waals surface area contributed by atoms with Crippen LogP contribution in [0.25, 0.3) is 0 Å². The maximum atomic E-state index is 12.9. The van der Waals surface area contributed by atoms with Crippen LogP contribution in [0.5, 0.6) is 0 Å². The van der Waals surface area contributed by atoms with E-state index in [1.54, 1.807) is 26.0 Å². The fourth-order valence-electron chi connectivity index (χ4n) is 3.34. The van der Waals surface area contributed by atoms with Gasteiger partial charge >= 0.3 is 5.97 Å². The highest BCUT2D eigenvalue weighted by molar-refractivity contribution is 7.17. The Balaban J connectivity index is 1.89. The Morgan fingerprint density at radius 3 is 2.30 bits per heavy atom. The molecule has 2 amide bonds. The van der Waals surface area contributed by atoms with Crippen LogP contribution >= 0.6 is 11.3 Å². The highest BCUT2D eigenvalue weighted by Gasteiger charge is 2.26. The van der Waals surface area contributed by atoms with Gasteiger partial charge in [0.25, 0.3) is 11.8 Å². The first-order valence-electron chi connectivity index (χ1n) is 9.86. The zero-order valence-corrected chi connectivity index (χ0v) is 18.1. The number of carbonyl (C=O) groups excluding carboxylic acids is 3. The quantitative estimate of drug-likeness (QED) is 0.324. The molecule has 1 aromatic carbocycles. The van der Waals surface area contributed by atoms with Crippen LogP contribution in [0.4, 0.5) is 5.00 Å². The molecule has 3 rings (SSSR count). The zero-order chi connectivity index (χ0) is 21.7. The fourth-order valence-corrected chi connectivity index (χ4v) is 4.62. The number of nitrogens with zero attached hydrogens (tertiary/aromatic N) is 1. The molecular formula is C22H25N3O4S. The van der Waals surface area contributed by atoms with Crippen molar-refractivity contribution in [2.45, 2.75) is 46.0 Å². The number of ether oxygens (including phenoxy) is 1. The van der Waals surface area contributed by atoms with Crippen molar-refractivity contribution in [3.8, 4) is 0 Å². The number of methoxy groups -OCH3 is 1. The average Bonchev–Trinajstić information content (AvgIpc) is 2.91. The predicted molar refractivity (Wildman–Crippen MR) is 118 cm³/mol. The minimum Gasteiger partial charge on any atom is -0.465 e. The lowest BCUT2D eigenvalue weighted by Crippen LogP contribution is -2.22. The summed E-state index contributed by atoms with van der Waals surface area (Å²) in [7, 11) is 1.31. The number of amides is 2. The molecule has 0 saturated heterocycles. The number of nitrogens with one attached hydrogen (secondary N) is 2. The highest BCUT2D eigenvalue weighted by Crippen LogP contribution is 2.37. The van der Waals surface area contributed by atoms with E-state index < -0.39 is 5.97 Å². The first kappa shape index (κ1) is 21.7. The van der Waals surface area contributed by atoms with E-state index in [2.05, 4.69) is 20.6 Å². The molecule has 2 aromatic rings. The molecule has 0 fully saturated rings. The number of hydrazone groups is 1. The molecule has 1 aliphatic carbocycles. The number of hydrogen-bond donors (Lipinski definition) is 2. The Hall–Kier alpha value is -3.00. The van der Waals surface area contributed by atoms with Crippen LogP contribution in [-0.2, 0) is 17.6 Å². The molecule has 0 bridgehead atoms. The summed E-state index contributed by atoms with van der Waals surface area (Å²) in [5.74, 6) is -1.12. The van der Waals surface area contributed by atoms with E-state index in [9.17, 15) is 14.4 Å². The van der Waals surface area contributed by atoms with Gasteiger partial charge in [0.05, 0.1) is 18.2 Å². The van der Waals surface area contributed by atoms with Gasteiger partial charge < -0.3 is 10.1 Å². The van der Waals surface area contributed by atoms with Crippen LogP contribution < -0.4 is 10.7 Å². The van der Waals surface area contributed by atoms with Crippen molar-refractivity contribution >= 4 is 39.8 Å². The zero-order valence-electron chi connectivity index (χ0n) is 17.3. The third kappa shape index (κ3) is 4.94. The van der Waals surface area contributed by atoms with E-state index in [1.807, 2.05) is 0 Å². The number of fused-ring (bicyclic) bond motifs is 1. The summed E-state index contributed by atoms with van der Waals surface area (Å²) >= 11 is 1.46. The van der Waals surface area contributed by atoms with Crippen LogP contribution in [0.2, 0.25) is 0 Å². The molecule has 0 aliphatic heterocycles. The second-order valence-corrected chi connectivity index (χ2v) is 8.40. The van der Waals surface area contributed by atoms with E-state index in [4.69, 9.17) is 0 Å². The third-order valence-corrected chi connectivity index (χ3v) is 6.03. The second-order valence-electron chi connectivity index (χ2n) is 7.29. The normalized spacial score (nSPS) is 12.9. The van der Waals surface area contributed by atoms with Crippen LogP contribution in [-0.4, -0.2) is 30.6 Å². The van der Waals surface area contributed by atoms with Gasteiger partial charge in [0.1, 0.15) is 5.00 Å². The predicted octanol–water partition coefficient (Wildman–Crippen LogP) is 4.18. The number of thiophene rings is 1. The van der Waals surface area contributed by atoms with Gasteiger partial charge in [-0.2, -0.15) is 5.10 Å². The Morgan fingerprint density at radius 2 is 1.63 bits per heavy atom. The molecule has 1 aliphatic rings. The topological polar surface area (TPSA) is 96.9 Å². The van der Waals surface area contributed by atoms with Crippen LogP contribution in [0.15, 0.2) is 29.4 Å². The van der Waals surface area contributed by atoms with Crippen LogP contribution in [0.3, 0.4) is 0 Å². The molecule has 0 radical (unpaired) electrons. The van der Waals surface area contributed by atoms with Crippen molar-refractivity contribution in [3.05, 3.63) is 51.4 Å². The van der Waals surface area contributed by atoms with Crippen molar-refractivity contribution in [1.29, 1.82) is 0 Å². The summed E-state index contributed by atoms with van der Waals surface area (Å²) in [5.41, 5.74) is 5.59. The molecule has 0 spiro atoms. The number of rotatable bonds is 5. The fraction of sp³-hybridized carbons (Fsp3) is 0.364. The lowest BCUT2D eigenvalue weighted by atomic mass is 10.0. The molecule has 0 atom stereocenters. The van der Waals surface area contributed by atoms with E-state index >= 15 is 0 Å². The number of hydrogen-bond acceptors (Lipinski definition) is 6. The van der Waals surface area contributed by atoms with Gasteiger partial charge in [-0.1, -0.05) is 6.42 Å². The Kier molecular flexibility index (Phi) is 6.99. The van der Waals surface area contributed by atoms with Crippen LogP contribution in [0, 0.1) is 0 Å². The van der Waals surface area contributed by atoms with Gasteiger partial charge in [0, 0.05) is 16.2 Å². The van der Waals surface area contributed by atoms with Gasteiger partial charge in [-0.3, -0.25) is 9.59 Å². The molecule has 158 valence electrons. The standard InChI is InChI=1S/C22H25N3O4S/c1-13(2)24-25-20(27)18-16-7-5-4-6-8-17(16)30-21(18)23-19(26)14-9-11-15(12-10-14)22(28)29-3/h9-12H,4-8H2,1-3H3,(H,23,26)(H,25,27). The number of anilines is 1. The van der Waals surface area contributed by atoms with Gasteiger partial charge in [0.2, 0.25) is 0 Å².